The Hall–Kier alpha value is -0.700. The largest absolute Gasteiger partial charge is 0.481 e. The highest BCUT2D eigenvalue weighted by molar-refractivity contribution is 7.83. The molecule has 1 fully saturated rings. The molecule has 0 radical (unpaired) electrons. The first kappa shape index (κ1) is 14.4. The molecule has 0 aromatic heterocycles. The van der Waals surface area contributed by atoms with Crippen LogP contribution in [0.5, 0.6) is 0 Å². The number of hydrogen-bond donors (Lipinski definition) is 2. The average Bonchev–Trinajstić information content (AvgIpc) is 2.30. The van der Waals surface area contributed by atoms with E-state index < -0.39 is 11.4 Å². The lowest BCUT2D eigenvalue weighted by Crippen LogP contribution is -2.34. The van der Waals surface area contributed by atoms with E-state index in [1.54, 1.807) is 5.41 Å². The Kier molecular flexibility index (Phi) is 5.31. The maximum atomic E-state index is 11.6. The molecule has 1 N–H and O–H groups in total. The summed E-state index contributed by atoms with van der Waals surface area (Å²) >= 11 is 4.20. The SMILES string of the molecule is CC(C)/C=C/C(=CS)C1(C(=O)O)CCCCC1. The lowest BCUT2D eigenvalue weighted by Gasteiger charge is -2.34. The van der Waals surface area contributed by atoms with Gasteiger partial charge in [-0.15, -0.1) is 0 Å². The highest BCUT2D eigenvalue weighted by atomic mass is 32.1. The van der Waals surface area contributed by atoms with Crippen LogP contribution in [-0.2, 0) is 4.79 Å². The first-order valence-electron chi connectivity index (χ1n) is 6.29. The molecule has 96 valence electrons. The normalized spacial score (nSPS) is 21.1. The Labute approximate surface area is 109 Å². The van der Waals surface area contributed by atoms with E-state index in [9.17, 15) is 9.90 Å². The van der Waals surface area contributed by atoms with E-state index in [4.69, 9.17) is 0 Å². The third-order valence-corrected chi connectivity index (χ3v) is 3.75. The molecule has 0 atom stereocenters. The zero-order chi connectivity index (χ0) is 12.9. The van der Waals surface area contributed by atoms with Gasteiger partial charge in [0.05, 0.1) is 5.41 Å². The average molecular weight is 254 g/mol. The van der Waals surface area contributed by atoms with E-state index >= 15 is 0 Å². The van der Waals surface area contributed by atoms with Crippen molar-refractivity contribution in [1.29, 1.82) is 0 Å². The van der Waals surface area contributed by atoms with E-state index in [1.165, 1.54) is 0 Å². The number of carboxylic acid groups (broad SMARTS) is 1. The van der Waals surface area contributed by atoms with Crippen molar-refractivity contribution in [2.75, 3.05) is 0 Å². The summed E-state index contributed by atoms with van der Waals surface area (Å²) in [5.74, 6) is -0.279. The summed E-state index contributed by atoms with van der Waals surface area (Å²) in [5.41, 5.74) is 0.146. The van der Waals surface area contributed by atoms with Gasteiger partial charge in [-0.2, -0.15) is 12.6 Å². The molecule has 0 aromatic rings. The molecule has 3 heteroatoms. The molecule has 0 unspecified atom stereocenters. The van der Waals surface area contributed by atoms with Crippen molar-refractivity contribution in [2.45, 2.75) is 46.0 Å². The zero-order valence-corrected chi connectivity index (χ0v) is 11.5. The van der Waals surface area contributed by atoms with Gasteiger partial charge < -0.3 is 5.11 Å². The molecule has 1 aliphatic rings. The Bertz CT molecular complexity index is 323. The molecule has 0 heterocycles. The van der Waals surface area contributed by atoms with Gasteiger partial charge in [-0.25, -0.2) is 0 Å². The van der Waals surface area contributed by atoms with Crippen LogP contribution >= 0.6 is 12.6 Å². The molecule has 0 bridgehead atoms. The number of allylic oxidation sites excluding steroid dienone is 2. The summed E-state index contributed by atoms with van der Waals surface area (Å²) in [6, 6.07) is 0. The van der Waals surface area contributed by atoms with Crippen LogP contribution < -0.4 is 0 Å². The van der Waals surface area contributed by atoms with Crippen molar-refractivity contribution in [3.8, 4) is 0 Å². The summed E-state index contributed by atoms with van der Waals surface area (Å²) in [6.45, 7) is 4.17. The number of thiol groups is 1. The van der Waals surface area contributed by atoms with Gasteiger partial charge in [-0.3, -0.25) is 4.79 Å². The monoisotopic (exact) mass is 254 g/mol. The van der Waals surface area contributed by atoms with Crippen LogP contribution in [0.15, 0.2) is 23.1 Å². The lowest BCUT2D eigenvalue weighted by molar-refractivity contribution is -0.148. The molecule has 0 saturated heterocycles. The van der Waals surface area contributed by atoms with E-state index in [2.05, 4.69) is 26.5 Å². The maximum absolute atomic E-state index is 11.6. The molecule has 17 heavy (non-hydrogen) atoms. The van der Waals surface area contributed by atoms with Crippen molar-refractivity contribution >= 4 is 18.6 Å². The summed E-state index contributed by atoms with van der Waals surface area (Å²) in [6.07, 6.45) is 8.58. The molecular weight excluding hydrogens is 232 g/mol. The third-order valence-electron chi connectivity index (χ3n) is 3.47. The van der Waals surface area contributed by atoms with Gasteiger partial charge in [0.25, 0.3) is 0 Å². The van der Waals surface area contributed by atoms with E-state index in [0.717, 1.165) is 37.7 Å². The molecule has 1 rings (SSSR count). The van der Waals surface area contributed by atoms with Gasteiger partial charge >= 0.3 is 5.97 Å². The lowest BCUT2D eigenvalue weighted by atomic mass is 9.69. The third kappa shape index (κ3) is 3.38. The first-order chi connectivity index (χ1) is 8.03. The topological polar surface area (TPSA) is 37.3 Å². The Balaban J connectivity index is 2.99. The van der Waals surface area contributed by atoms with Crippen molar-refractivity contribution in [2.24, 2.45) is 11.3 Å². The van der Waals surface area contributed by atoms with Gasteiger partial charge in [-0.1, -0.05) is 45.3 Å². The molecule has 0 aromatic carbocycles. The van der Waals surface area contributed by atoms with Gasteiger partial charge in [-0.05, 0) is 29.7 Å². The number of rotatable bonds is 4. The van der Waals surface area contributed by atoms with Crippen LogP contribution in [0.2, 0.25) is 0 Å². The van der Waals surface area contributed by atoms with Gasteiger partial charge in [0.1, 0.15) is 0 Å². The van der Waals surface area contributed by atoms with E-state index in [1.807, 2.05) is 12.2 Å². The van der Waals surface area contributed by atoms with Crippen LogP contribution in [-0.4, -0.2) is 11.1 Å². The van der Waals surface area contributed by atoms with Gasteiger partial charge in [0, 0.05) is 0 Å². The van der Waals surface area contributed by atoms with Crippen molar-refractivity contribution in [1.82, 2.24) is 0 Å². The van der Waals surface area contributed by atoms with E-state index in [-0.39, 0.29) is 0 Å². The van der Waals surface area contributed by atoms with Crippen molar-refractivity contribution in [3.63, 3.8) is 0 Å². The molecular formula is C14H22O2S. The zero-order valence-electron chi connectivity index (χ0n) is 10.6. The second kappa shape index (κ2) is 6.29. The highest BCUT2D eigenvalue weighted by Gasteiger charge is 2.41. The summed E-state index contributed by atoms with van der Waals surface area (Å²) in [4.78, 5) is 11.6. The quantitative estimate of drug-likeness (QED) is 0.586. The van der Waals surface area contributed by atoms with Crippen molar-refractivity contribution in [3.05, 3.63) is 23.1 Å². The Morgan fingerprint density at radius 1 is 1.29 bits per heavy atom. The van der Waals surface area contributed by atoms with Crippen LogP contribution in [0.25, 0.3) is 0 Å². The minimum absolute atomic E-state index is 0.424. The van der Waals surface area contributed by atoms with Crippen LogP contribution in [0, 0.1) is 11.3 Å². The number of aliphatic carboxylic acids is 1. The fraction of sp³-hybridized carbons (Fsp3) is 0.643. The Morgan fingerprint density at radius 2 is 1.88 bits per heavy atom. The van der Waals surface area contributed by atoms with Crippen molar-refractivity contribution < 1.29 is 9.90 Å². The molecule has 0 aliphatic heterocycles. The molecule has 2 nitrogen and oxygen atoms in total. The summed E-state index contributed by atoms with van der Waals surface area (Å²) in [5, 5.41) is 11.2. The minimum atomic E-state index is -0.703. The number of carboxylic acids is 1. The standard InChI is InChI=1S/C14H22O2S/c1-11(2)6-7-12(10-17)14(13(15)16)8-4-3-5-9-14/h6-7,10-11,17H,3-5,8-9H2,1-2H3,(H,15,16)/b7-6+,12-10?. The minimum Gasteiger partial charge on any atom is -0.481 e. The number of carbonyl (C=O) groups is 1. The molecule has 1 aliphatic carbocycles. The van der Waals surface area contributed by atoms with Crippen LogP contribution in [0.4, 0.5) is 0 Å². The fourth-order valence-electron chi connectivity index (χ4n) is 2.40. The Morgan fingerprint density at radius 3 is 2.29 bits per heavy atom. The maximum Gasteiger partial charge on any atom is 0.314 e. The molecule has 1 saturated carbocycles. The summed E-state index contributed by atoms with van der Waals surface area (Å²) in [7, 11) is 0. The van der Waals surface area contributed by atoms with E-state index in [0.29, 0.717) is 5.92 Å². The van der Waals surface area contributed by atoms with Crippen LogP contribution in [0.3, 0.4) is 0 Å². The highest BCUT2D eigenvalue weighted by Crippen LogP contribution is 2.43. The van der Waals surface area contributed by atoms with Crippen LogP contribution in [0.1, 0.15) is 46.0 Å². The number of hydrogen-bond acceptors (Lipinski definition) is 2. The van der Waals surface area contributed by atoms with Gasteiger partial charge in [0.2, 0.25) is 0 Å². The molecule has 0 amide bonds. The summed E-state index contributed by atoms with van der Waals surface area (Å²) < 4.78 is 0. The fourth-order valence-corrected chi connectivity index (χ4v) is 2.74. The molecule has 0 spiro atoms. The predicted octanol–water partition coefficient (Wildman–Crippen LogP) is 4.05. The van der Waals surface area contributed by atoms with Gasteiger partial charge in [0.15, 0.2) is 0 Å². The first-order valence-corrected chi connectivity index (χ1v) is 6.81. The smallest absolute Gasteiger partial charge is 0.314 e. The second-order valence-corrected chi connectivity index (χ2v) is 5.39. The predicted molar refractivity (Wildman–Crippen MR) is 74.2 cm³/mol. The second-order valence-electron chi connectivity index (χ2n) is 5.14.